The van der Waals surface area contributed by atoms with Crippen molar-refractivity contribution in [2.24, 2.45) is 27.9 Å². The molecule has 13 heteroatoms. The molecule has 0 saturated heterocycles. The van der Waals surface area contributed by atoms with Crippen molar-refractivity contribution in [1.29, 1.82) is 0 Å². The van der Waals surface area contributed by atoms with Gasteiger partial charge in [-0.15, -0.1) is 0 Å². The predicted octanol–water partition coefficient (Wildman–Crippen LogP) is -2.09. The van der Waals surface area contributed by atoms with E-state index in [9.17, 15) is 19.2 Å². The zero-order chi connectivity index (χ0) is 26.9. The van der Waals surface area contributed by atoms with E-state index in [4.69, 9.17) is 28.0 Å². The van der Waals surface area contributed by atoms with Crippen LogP contribution in [0.5, 0.6) is 0 Å². The van der Waals surface area contributed by atoms with E-state index in [-0.39, 0.29) is 31.8 Å². The molecule has 3 amide bonds. The minimum absolute atomic E-state index is 0.111. The van der Waals surface area contributed by atoms with Crippen LogP contribution in [0, 0.1) is 0 Å². The zero-order valence-corrected chi connectivity index (χ0v) is 20.3. The summed E-state index contributed by atoms with van der Waals surface area (Å²) in [6.07, 6.45) is 2.25. The lowest BCUT2D eigenvalue weighted by molar-refractivity contribution is -0.138. The van der Waals surface area contributed by atoms with Crippen molar-refractivity contribution in [2.75, 3.05) is 19.6 Å². The minimum atomic E-state index is -1.23. The second-order valence-corrected chi connectivity index (χ2v) is 8.26. The first-order valence-electron chi connectivity index (χ1n) is 11.8. The predicted molar refractivity (Wildman–Crippen MR) is 135 cm³/mol. The molecule has 0 saturated carbocycles. The average Bonchev–Trinajstić information content (AvgIpc) is 2.84. The highest BCUT2D eigenvalue weighted by Gasteiger charge is 2.28. The Kier molecular flexibility index (Phi) is 14.2. The standard InChI is InChI=1S/C23H38N8O5/c24-11-5-4-9-18(30-20(34)16(25)13-15-7-2-1-3-8-15)22(36)31-17(10-6-12-28-23(26)27)21(35)29-14-19(32)33/h1-3,7-8,16-18H,4-6,9-14,24-25H2,(H,29,35)(H,30,34)(H,31,36)(H,32,33)(H4,26,27,28). The fourth-order valence-electron chi connectivity index (χ4n) is 3.33. The number of guanidine groups is 1. The van der Waals surface area contributed by atoms with Gasteiger partial charge in [-0.25, -0.2) is 0 Å². The van der Waals surface area contributed by atoms with E-state index in [0.717, 1.165) is 5.56 Å². The summed E-state index contributed by atoms with van der Waals surface area (Å²) in [6.45, 7) is 0.0246. The molecule has 3 unspecified atom stereocenters. The molecular weight excluding hydrogens is 468 g/mol. The number of benzene rings is 1. The van der Waals surface area contributed by atoms with Gasteiger partial charge in [0, 0.05) is 6.54 Å². The Hall–Kier alpha value is -3.71. The first kappa shape index (κ1) is 30.3. The van der Waals surface area contributed by atoms with Gasteiger partial charge in [0.1, 0.15) is 18.6 Å². The SMILES string of the molecule is NCCCCC(NC(=O)C(N)Cc1ccccc1)C(=O)NC(CCCN=C(N)N)C(=O)NCC(=O)O. The summed E-state index contributed by atoms with van der Waals surface area (Å²) in [5.41, 5.74) is 23.1. The van der Waals surface area contributed by atoms with Crippen LogP contribution in [-0.2, 0) is 25.6 Å². The van der Waals surface area contributed by atoms with Crippen LogP contribution in [0.4, 0.5) is 0 Å². The fraction of sp³-hybridized carbons (Fsp3) is 0.522. The van der Waals surface area contributed by atoms with Gasteiger partial charge in [-0.2, -0.15) is 0 Å². The molecule has 0 aliphatic carbocycles. The number of aliphatic imine (C=N–C) groups is 1. The van der Waals surface area contributed by atoms with Crippen molar-refractivity contribution in [2.45, 2.75) is 56.7 Å². The maximum atomic E-state index is 13.1. The lowest BCUT2D eigenvalue weighted by atomic mass is 10.0. The topological polar surface area (TPSA) is 241 Å². The van der Waals surface area contributed by atoms with Crippen molar-refractivity contribution in [3.8, 4) is 0 Å². The molecule has 12 N–H and O–H groups in total. The largest absolute Gasteiger partial charge is 0.480 e. The minimum Gasteiger partial charge on any atom is -0.480 e. The van der Waals surface area contributed by atoms with E-state index in [0.29, 0.717) is 25.8 Å². The summed E-state index contributed by atoms with van der Waals surface area (Å²) in [6, 6.07) is 6.33. The first-order chi connectivity index (χ1) is 17.1. The second kappa shape index (κ2) is 16.8. The average molecular weight is 507 g/mol. The van der Waals surface area contributed by atoms with Gasteiger partial charge in [-0.3, -0.25) is 24.2 Å². The summed E-state index contributed by atoms with van der Waals surface area (Å²) in [4.78, 5) is 53.0. The third-order valence-corrected chi connectivity index (χ3v) is 5.21. The number of unbranched alkanes of at least 4 members (excludes halogenated alkanes) is 1. The fourth-order valence-corrected chi connectivity index (χ4v) is 3.33. The molecule has 0 aliphatic heterocycles. The Bertz CT molecular complexity index is 877. The van der Waals surface area contributed by atoms with Gasteiger partial charge in [-0.05, 0) is 50.6 Å². The molecule has 0 aromatic heterocycles. The van der Waals surface area contributed by atoms with Gasteiger partial charge in [0.15, 0.2) is 5.96 Å². The Balaban J connectivity index is 2.89. The number of carboxylic acids is 1. The van der Waals surface area contributed by atoms with E-state index < -0.39 is 48.4 Å². The molecule has 0 aliphatic rings. The highest BCUT2D eigenvalue weighted by Crippen LogP contribution is 2.07. The van der Waals surface area contributed by atoms with Crippen LogP contribution in [0.2, 0.25) is 0 Å². The first-order valence-corrected chi connectivity index (χ1v) is 11.8. The molecular formula is C23H38N8O5. The third-order valence-electron chi connectivity index (χ3n) is 5.21. The number of aliphatic carboxylic acids is 1. The molecule has 200 valence electrons. The van der Waals surface area contributed by atoms with E-state index >= 15 is 0 Å². The van der Waals surface area contributed by atoms with Crippen LogP contribution in [0.1, 0.15) is 37.7 Å². The summed E-state index contributed by atoms with van der Waals surface area (Å²) in [5.74, 6) is -3.12. The Morgan fingerprint density at radius 2 is 1.50 bits per heavy atom. The second-order valence-electron chi connectivity index (χ2n) is 8.26. The van der Waals surface area contributed by atoms with Crippen LogP contribution < -0.4 is 38.9 Å². The van der Waals surface area contributed by atoms with Crippen LogP contribution in [0.25, 0.3) is 0 Å². The number of carboxylic acid groups (broad SMARTS) is 1. The summed E-state index contributed by atoms with van der Waals surface area (Å²) in [7, 11) is 0. The summed E-state index contributed by atoms with van der Waals surface area (Å²) in [5, 5.41) is 16.4. The van der Waals surface area contributed by atoms with Gasteiger partial charge < -0.3 is 44.0 Å². The molecule has 0 radical (unpaired) electrons. The lowest BCUT2D eigenvalue weighted by Gasteiger charge is -2.24. The number of carbonyl (C=O) groups excluding carboxylic acids is 3. The molecule has 3 atom stereocenters. The molecule has 0 fully saturated rings. The van der Waals surface area contributed by atoms with Gasteiger partial charge in [0.05, 0.1) is 6.04 Å². The normalized spacial score (nSPS) is 13.1. The van der Waals surface area contributed by atoms with Crippen molar-refractivity contribution < 1.29 is 24.3 Å². The highest BCUT2D eigenvalue weighted by atomic mass is 16.4. The Morgan fingerprint density at radius 3 is 2.11 bits per heavy atom. The quantitative estimate of drug-likeness (QED) is 0.0655. The molecule has 1 aromatic carbocycles. The number of carbonyl (C=O) groups is 4. The van der Waals surface area contributed by atoms with Gasteiger partial charge in [0.25, 0.3) is 0 Å². The monoisotopic (exact) mass is 506 g/mol. The third kappa shape index (κ3) is 12.7. The smallest absolute Gasteiger partial charge is 0.322 e. The number of amides is 3. The lowest BCUT2D eigenvalue weighted by Crippen LogP contribution is -2.56. The number of hydrogen-bond donors (Lipinski definition) is 8. The maximum Gasteiger partial charge on any atom is 0.322 e. The number of hydrogen-bond acceptors (Lipinski definition) is 7. The summed E-state index contributed by atoms with van der Waals surface area (Å²) >= 11 is 0. The van der Waals surface area contributed by atoms with Crippen LogP contribution in [-0.4, -0.2) is 72.5 Å². The van der Waals surface area contributed by atoms with E-state index in [1.807, 2.05) is 30.3 Å². The van der Waals surface area contributed by atoms with E-state index in [1.54, 1.807) is 0 Å². The zero-order valence-electron chi connectivity index (χ0n) is 20.3. The molecule has 13 nitrogen and oxygen atoms in total. The number of nitrogens with two attached hydrogens (primary N) is 4. The highest BCUT2D eigenvalue weighted by molar-refractivity contribution is 5.93. The van der Waals surface area contributed by atoms with Crippen LogP contribution in [0.15, 0.2) is 35.3 Å². The van der Waals surface area contributed by atoms with Gasteiger partial charge in [-0.1, -0.05) is 30.3 Å². The summed E-state index contributed by atoms with van der Waals surface area (Å²) < 4.78 is 0. The molecule has 0 bridgehead atoms. The molecule has 1 aromatic rings. The number of nitrogens with zero attached hydrogens (tertiary/aromatic N) is 1. The number of rotatable bonds is 17. The van der Waals surface area contributed by atoms with E-state index in [1.165, 1.54) is 0 Å². The molecule has 0 heterocycles. The van der Waals surface area contributed by atoms with Crippen molar-refractivity contribution in [3.63, 3.8) is 0 Å². The molecule has 1 rings (SSSR count). The van der Waals surface area contributed by atoms with Crippen LogP contribution in [0.3, 0.4) is 0 Å². The Labute approximate surface area is 210 Å². The van der Waals surface area contributed by atoms with Crippen LogP contribution >= 0.6 is 0 Å². The van der Waals surface area contributed by atoms with Crippen molar-refractivity contribution in [3.05, 3.63) is 35.9 Å². The molecule has 36 heavy (non-hydrogen) atoms. The maximum absolute atomic E-state index is 13.1. The Morgan fingerprint density at radius 1 is 0.889 bits per heavy atom. The number of nitrogens with one attached hydrogen (secondary N) is 3. The van der Waals surface area contributed by atoms with Gasteiger partial charge >= 0.3 is 5.97 Å². The van der Waals surface area contributed by atoms with E-state index in [2.05, 4.69) is 20.9 Å². The molecule has 0 spiro atoms. The van der Waals surface area contributed by atoms with Gasteiger partial charge in [0.2, 0.25) is 17.7 Å². The van der Waals surface area contributed by atoms with Crippen molar-refractivity contribution in [1.82, 2.24) is 16.0 Å². The van der Waals surface area contributed by atoms with Crippen molar-refractivity contribution >= 4 is 29.7 Å².